The number of hydrogen-bond acceptors (Lipinski definition) is 6. The highest BCUT2D eigenvalue weighted by Gasteiger charge is 2.17. The molecule has 0 aliphatic carbocycles. The summed E-state index contributed by atoms with van der Waals surface area (Å²) >= 11 is 6.33. The van der Waals surface area contributed by atoms with Gasteiger partial charge in [0.2, 0.25) is 0 Å². The molecule has 5 aromatic rings. The number of pyridine rings is 2. The Morgan fingerprint density at radius 3 is 2.61 bits per heavy atom. The van der Waals surface area contributed by atoms with E-state index in [4.69, 9.17) is 16.0 Å². The van der Waals surface area contributed by atoms with Crippen molar-refractivity contribution in [1.29, 1.82) is 0 Å². The summed E-state index contributed by atoms with van der Waals surface area (Å²) in [5.41, 5.74) is 3.28. The maximum absolute atomic E-state index is 12.9. The van der Waals surface area contributed by atoms with Crippen LogP contribution in [-0.2, 0) is 17.6 Å². The molecule has 152 valence electrons. The molecular weight excluding hydrogens is 414 g/mol. The lowest BCUT2D eigenvalue weighted by Gasteiger charge is -2.11. The molecule has 0 bridgehead atoms. The van der Waals surface area contributed by atoms with Crippen LogP contribution in [0.2, 0.25) is 5.02 Å². The minimum Gasteiger partial charge on any atom is -0.464 e. The Hall–Kier alpha value is -3.84. The largest absolute Gasteiger partial charge is 0.464 e. The van der Waals surface area contributed by atoms with Crippen LogP contribution in [0.15, 0.2) is 77.9 Å². The van der Waals surface area contributed by atoms with E-state index in [1.807, 2.05) is 36.4 Å². The highest BCUT2D eigenvalue weighted by atomic mass is 35.5. The smallest absolute Gasteiger partial charge is 0.193 e. The number of hydrogen-bond donors (Lipinski definition) is 0. The lowest BCUT2D eigenvalue weighted by molar-refractivity contribution is -0.117. The first kappa shape index (κ1) is 19.1. The van der Waals surface area contributed by atoms with Gasteiger partial charge in [0.25, 0.3) is 0 Å². The summed E-state index contributed by atoms with van der Waals surface area (Å²) in [5, 5.41) is 9.38. The summed E-state index contributed by atoms with van der Waals surface area (Å²) in [6.45, 7) is 0. The van der Waals surface area contributed by atoms with Gasteiger partial charge in [0.1, 0.15) is 11.5 Å². The number of carbonyl (C=O) groups is 1. The van der Waals surface area contributed by atoms with Crippen LogP contribution in [0.1, 0.15) is 11.1 Å². The summed E-state index contributed by atoms with van der Waals surface area (Å²) in [7, 11) is 0. The van der Waals surface area contributed by atoms with Gasteiger partial charge in [0.15, 0.2) is 5.82 Å². The second-order valence-electron chi connectivity index (χ2n) is 7.01. The number of para-hydroxylation sites is 1. The van der Waals surface area contributed by atoms with Crippen LogP contribution in [0, 0.1) is 0 Å². The number of fused-ring (bicyclic) bond motifs is 1. The fourth-order valence-electron chi connectivity index (χ4n) is 3.57. The van der Waals surface area contributed by atoms with Gasteiger partial charge in [0, 0.05) is 36.2 Å². The SMILES string of the molecule is O=C(Cc1cnc(-n2nccn2)c(Cl)c1)Cc1cnc2ccccc2c1-c1ccco1. The van der Waals surface area contributed by atoms with Crippen LogP contribution in [0.3, 0.4) is 0 Å². The van der Waals surface area contributed by atoms with Crippen molar-refractivity contribution in [3.05, 3.63) is 89.7 Å². The number of ketones is 1. The van der Waals surface area contributed by atoms with Crippen LogP contribution < -0.4 is 0 Å². The molecule has 0 saturated carbocycles. The van der Waals surface area contributed by atoms with Crippen molar-refractivity contribution in [2.45, 2.75) is 12.8 Å². The van der Waals surface area contributed by atoms with E-state index in [0.29, 0.717) is 16.6 Å². The fourth-order valence-corrected chi connectivity index (χ4v) is 3.83. The van der Waals surface area contributed by atoms with Crippen LogP contribution in [0.25, 0.3) is 28.0 Å². The topological polar surface area (TPSA) is 86.7 Å². The number of nitrogens with zero attached hydrogens (tertiary/aromatic N) is 5. The number of Topliss-reactive ketones (excluding diaryl/α,β-unsaturated/α-hetero) is 1. The summed E-state index contributed by atoms with van der Waals surface area (Å²) < 4.78 is 5.65. The maximum Gasteiger partial charge on any atom is 0.193 e. The van der Waals surface area contributed by atoms with E-state index in [9.17, 15) is 4.79 Å². The molecule has 0 aliphatic rings. The highest BCUT2D eigenvalue weighted by Crippen LogP contribution is 2.32. The molecular formula is C23H16ClN5O2. The third kappa shape index (κ3) is 3.83. The molecule has 7 nitrogen and oxygen atoms in total. The van der Waals surface area contributed by atoms with Gasteiger partial charge in [-0.2, -0.15) is 10.2 Å². The fraction of sp³-hybridized carbons (Fsp3) is 0.0870. The van der Waals surface area contributed by atoms with Crippen LogP contribution >= 0.6 is 11.6 Å². The van der Waals surface area contributed by atoms with Crippen molar-refractivity contribution < 1.29 is 9.21 Å². The Morgan fingerprint density at radius 2 is 1.84 bits per heavy atom. The molecule has 4 aromatic heterocycles. The Bertz CT molecular complexity index is 1360. The first-order valence-corrected chi connectivity index (χ1v) is 10.00. The molecule has 0 fully saturated rings. The Kier molecular flexibility index (Phi) is 5.01. The third-order valence-corrected chi connectivity index (χ3v) is 5.18. The van der Waals surface area contributed by atoms with E-state index < -0.39 is 0 Å². The molecule has 0 spiro atoms. The molecule has 1 aromatic carbocycles. The average molecular weight is 430 g/mol. The zero-order valence-electron chi connectivity index (χ0n) is 16.3. The van der Waals surface area contributed by atoms with Gasteiger partial charge in [-0.3, -0.25) is 9.78 Å². The number of benzene rings is 1. The highest BCUT2D eigenvalue weighted by molar-refractivity contribution is 6.32. The lowest BCUT2D eigenvalue weighted by atomic mass is 9.96. The summed E-state index contributed by atoms with van der Waals surface area (Å²) in [4.78, 5) is 23.1. The molecule has 8 heteroatoms. The van der Waals surface area contributed by atoms with E-state index in [1.54, 1.807) is 37.1 Å². The maximum atomic E-state index is 12.9. The van der Waals surface area contributed by atoms with Crippen molar-refractivity contribution in [2.24, 2.45) is 0 Å². The Labute approximate surface area is 182 Å². The monoisotopic (exact) mass is 429 g/mol. The summed E-state index contributed by atoms with van der Waals surface area (Å²) in [6, 6.07) is 13.3. The number of halogens is 1. The first-order chi connectivity index (χ1) is 15.2. The molecule has 0 aliphatic heterocycles. The molecule has 5 rings (SSSR count). The van der Waals surface area contributed by atoms with Crippen LogP contribution in [-0.4, -0.2) is 30.7 Å². The zero-order valence-corrected chi connectivity index (χ0v) is 17.0. The molecule has 0 N–H and O–H groups in total. The average Bonchev–Trinajstić information content (AvgIpc) is 3.48. The van der Waals surface area contributed by atoms with Crippen molar-refractivity contribution in [2.75, 3.05) is 0 Å². The van der Waals surface area contributed by atoms with Crippen molar-refractivity contribution in [1.82, 2.24) is 25.0 Å². The lowest BCUT2D eigenvalue weighted by Crippen LogP contribution is -2.09. The molecule has 0 radical (unpaired) electrons. The van der Waals surface area contributed by atoms with Gasteiger partial charge in [-0.05, 0) is 35.4 Å². The van der Waals surface area contributed by atoms with E-state index >= 15 is 0 Å². The van der Waals surface area contributed by atoms with Gasteiger partial charge < -0.3 is 4.42 Å². The van der Waals surface area contributed by atoms with Crippen LogP contribution in [0.5, 0.6) is 0 Å². The van der Waals surface area contributed by atoms with Gasteiger partial charge in [-0.15, -0.1) is 4.80 Å². The minimum absolute atomic E-state index is 0.0210. The second-order valence-corrected chi connectivity index (χ2v) is 7.42. The molecule has 0 saturated heterocycles. The first-order valence-electron chi connectivity index (χ1n) is 9.62. The normalized spacial score (nSPS) is 11.1. The van der Waals surface area contributed by atoms with E-state index in [0.717, 1.165) is 27.6 Å². The van der Waals surface area contributed by atoms with Gasteiger partial charge in [-0.1, -0.05) is 29.8 Å². The minimum atomic E-state index is 0.0210. The molecule has 31 heavy (non-hydrogen) atoms. The quantitative estimate of drug-likeness (QED) is 0.395. The molecule has 0 atom stereocenters. The summed E-state index contributed by atoms with van der Waals surface area (Å²) in [5.74, 6) is 1.15. The molecule has 0 amide bonds. The Morgan fingerprint density at radius 1 is 1.00 bits per heavy atom. The van der Waals surface area contributed by atoms with Crippen molar-refractivity contribution in [3.8, 4) is 17.1 Å². The van der Waals surface area contributed by atoms with Gasteiger partial charge in [-0.25, -0.2) is 4.98 Å². The van der Waals surface area contributed by atoms with E-state index in [1.165, 1.54) is 4.80 Å². The third-order valence-electron chi connectivity index (χ3n) is 4.90. The Balaban J connectivity index is 1.42. The van der Waals surface area contributed by atoms with E-state index in [-0.39, 0.29) is 18.6 Å². The number of rotatable bonds is 6. The predicted molar refractivity (Wildman–Crippen MR) is 116 cm³/mol. The van der Waals surface area contributed by atoms with E-state index in [2.05, 4.69) is 20.2 Å². The van der Waals surface area contributed by atoms with Crippen LogP contribution in [0.4, 0.5) is 0 Å². The van der Waals surface area contributed by atoms with Gasteiger partial charge >= 0.3 is 0 Å². The number of aromatic nitrogens is 5. The molecule has 4 heterocycles. The van der Waals surface area contributed by atoms with Crippen molar-refractivity contribution in [3.63, 3.8) is 0 Å². The number of furan rings is 1. The second kappa shape index (κ2) is 8.12. The van der Waals surface area contributed by atoms with Gasteiger partial charge in [0.05, 0.1) is 29.2 Å². The van der Waals surface area contributed by atoms with Crippen molar-refractivity contribution >= 4 is 28.3 Å². The standard InChI is InChI=1S/C23H16ClN5O2/c24-19-11-15(13-26-23(19)29-27-7-8-28-29)10-17(30)12-16-14-25-20-5-2-1-4-18(20)22(16)21-6-3-9-31-21/h1-9,11,13-14H,10,12H2. The zero-order chi connectivity index (χ0) is 21.2. The summed E-state index contributed by atoms with van der Waals surface area (Å²) in [6.07, 6.45) is 8.50. The molecule has 0 unspecified atom stereocenters. The predicted octanol–water partition coefficient (Wildman–Crippen LogP) is 4.48. The number of carbonyl (C=O) groups excluding carboxylic acids is 1.